The zero-order chi connectivity index (χ0) is 14.3. The van der Waals surface area contributed by atoms with Crippen LogP contribution in [0.1, 0.15) is 12.8 Å². The first-order valence-corrected chi connectivity index (χ1v) is 7.59. The van der Waals surface area contributed by atoms with Crippen molar-refractivity contribution < 1.29 is 19.4 Å². The van der Waals surface area contributed by atoms with Gasteiger partial charge in [-0.2, -0.15) is 0 Å². The van der Waals surface area contributed by atoms with Gasteiger partial charge in [-0.15, -0.1) is 0 Å². The first kappa shape index (κ1) is 13.8. The van der Waals surface area contributed by atoms with Crippen molar-refractivity contribution in [2.45, 2.75) is 25.0 Å². The number of hydrogen-bond donors (Lipinski definition) is 2. The molecule has 2 N–H and O–H groups in total. The number of carboxylic acids is 1. The molecular weight excluding hydrogens is 373 g/mol. The van der Waals surface area contributed by atoms with Gasteiger partial charge < -0.3 is 15.2 Å². The molecule has 4 atom stereocenters. The van der Waals surface area contributed by atoms with Crippen LogP contribution in [0.15, 0.2) is 24.3 Å². The number of amides is 1. The molecule has 6 heteroatoms. The second-order valence-corrected chi connectivity index (χ2v) is 6.42. The SMILES string of the molecule is O=C(O)C1C(C(=O)Nc2ccc(I)cc2)[C@H]2CC[C@H]1O2. The smallest absolute Gasteiger partial charge is 0.310 e. The van der Waals surface area contributed by atoms with Crippen molar-refractivity contribution in [2.75, 3.05) is 5.32 Å². The summed E-state index contributed by atoms with van der Waals surface area (Å²) in [5.74, 6) is -2.52. The van der Waals surface area contributed by atoms with Crippen molar-refractivity contribution >= 4 is 40.2 Å². The van der Waals surface area contributed by atoms with Crippen LogP contribution in [0.4, 0.5) is 5.69 Å². The van der Waals surface area contributed by atoms with Gasteiger partial charge >= 0.3 is 5.97 Å². The summed E-state index contributed by atoms with van der Waals surface area (Å²) in [5.41, 5.74) is 0.683. The van der Waals surface area contributed by atoms with Crippen LogP contribution in [-0.4, -0.2) is 29.2 Å². The zero-order valence-electron chi connectivity index (χ0n) is 10.6. The largest absolute Gasteiger partial charge is 0.481 e. The normalized spacial score (nSPS) is 31.2. The lowest BCUT2D eigenvalue weighted by molar-refractivity contribution is -0.147. The molecule has 2 aliphatic rings. The van der Waals surface area contributed by atoms with E-state index in [1.807, 2.05) is 24.3 Å². The van der Waals surface area contributed by atoms with Gasteiger partial charge in [-0.3, -0.25) is 9.59 Å². The fraction of sp³-hybridized carbons (Fsp3) is 0.429. The Morgan fingerprint density at radius 2 is 1.75 bits per heavy atom. The second-order valence-electron chi connectivity index (χ2n) is 5.18. The van der Waals surface area contributed by atoms with Crippen molar-refractivity contribution in [1.82, 2.24) is 0 Å². The topological polar surface area (TPSA) is 75.6 Å². The Morgan fingerprint density at radius 3 is 2.35 bits per heavy atom. The maximum absolute atomic E-state index is 12.3. The van der Waals surface area contributed by atoms with Crippen LogP contribution in [0.2, 0.25) is 0 Å². The van der Waals surface area contributed by atoms with Crippen LogP contribution in [0.5, 0.6) is 0 Å². The van der Waals surface area contributed by atoms with E-state index in [4.69, 9.17) is 4.74 Å². The number of benzene rings is 1. The fourth-order valence-corrected chi connectivity index (χ4v) is 3.44. The Balaban J connectivity index is 1.76. The molecule has 0 aromatic heterocycles. The minimum atomic E-state index is -0.944. The number of nitrogens with one attached hydrogen (secondary N) is 1. The number of ether oxygens (including phenoxy) is 1. The Kier molecular flexibility index (Phi) is 3.68. The van der Waals surface area contributed by atoms with Crippen LogP contribution in [0.3, 0.4) is 0 Å². The van der Waals surface area contributed by atoms with E-state index in [2.05, 4.69) is 27.9 Å². The summed E-state index contributed by atoms with van der Waals surface area (Å²) in [4.78, 5) is 23.7. The molecule has 2 aliphatic heterocycles. The highest BCUT2D eigenvalue weighted by Crippen LogP contribution is 2.44. The van der Waals surface area contributed by atoms with E-state index < -0.39 is 17.8 Å². The van der Waals surface area contributed by atoms with Gasteiger partial charge in [0.25, 0.3) is 0 Å². The highest BCUT2D eigenvalue weighted by molar-refractivity contribution is 14.1. The second kappa shape index (κ2) is 5.33. The van der Waals surface area contributed by atoms with E-state index in [1.165, 1.54) is 0 Å². The molecule has 0 radical (unpaired) electrons. The lowest BCUT2D eigenvalue weighted by Crippen LogP contribution is -2.40. The predicted octanol–water partition coefficient (Wildman–Crippen LogP) is 2.11. The van der Waals surface area contributed by atoms with Gasteiger partial charge in [-0.05, 0) is 59.7 Å². The third kappa shape index (κ3) is 2.42. The van der Waals surface area contributed by atoms with Gasteiger partial charge in [0, 0.05) is 9.26 Å². The molecule has 2 saturated heterocycles. The average molecular weight is 387 g/mol. The van der Waals surface area contributed by atoms with Crippen LogP contribution >= 0.6 is 22.6 Å². The lowest BCUT2D eigenvalue weighted by atomic mass is 9.78. The summed E-state index contributed by atoms with van der Waals surface area (Å²) in [6, 6.07) is 7.40. The summed E-state index contributed by atoms with van der Waals surface area (Å²) in [7, 11) is 0. The number of hydrogen-bond acceptors (Lipinski definition) is 3. The highest BCUT2D eigenvalue weighted by Gasteiger charge is 2.55. The number of carbonyl (C=O) groups is 2. The summed E-state index contributed by atoms with van der Waals surface area (Å²) in [6.07, 6.45) is 0.920. The number of anilines is 1. The molecule has 3 rings (SSSR count). The van der Waals surface area contributed by atoms with Gasteiger partial charge in [0.1, 0.15) is 0 Å². The van der Waals surface area contributed by atoms with Gasteiger partial charge in [-0.25, -0.2) is 0 Å². The van der Waals surface area contributed by atoms with Gasteiger partial charge in [0.05, 0.1) is 24.0 Å². The first-order valence-electron chi connectivity index (χ1n) is 6.51. The number of carboxylic acid groups (broad SMARTS) is 1. The summed E-state index contributed by atoms with van der Waals surface area (Å²) in [6.45, 7) is 0. The maximum Gasteiger partial charge on any atom is 0.310 e. The number of halogens is 1. The molecule has 1 aromatic carbocycles. The molecule has 20 heavy (non-hydrogen) atoms. The number of aliphatic carboxylic acids is 1. The first-order chi connectivity index (χ1) is 9.56. The monoisotopic (exact) mass is 387 g/mol. The molecular formula is C14H14INO4. The molecule has 2 bridgehead atoms. The van der Waals surface area contributed by atoms with Crippen molar-refractivity contribution in [3.63, 3.8) is 0 Å². The minimum absolute atomic E-state index is 0.259. The summed E-state index contributed by atoms with van der Waals surface area (Å²) >= 11 is 2.18. The van der Waals surface area contributed by atoms with Crippen LogP contribution < -0.4 is 5.32 Å². The van der Waals surface area contributed by atoms with Gasteiger partial charge in [-0.1, -0.05) is 0 Å². The Morgan fingerprint density at radius 1 is 1.15 bits per heavy atom. The molecule has 2 fully saturated rings. The number of carbonyl (C=O) groups excluding carboxylic acids is 1. The van der Waals surface area contributed by atoms with Crippen LogP contribution in [-0.2, 0) is 14.3 Å². The van der Waals surface area contributed by atoms with E-state index in [0.29, 0.717) is 5.69 Å². The minimum Gasteiger partial charge on any atom is -0.481 e. The van der Waals surface area contributed by atoms with E-state index >= 15 is 0 Å². The summed E-state index contributed by atoms with van der Waals surface area (Å²) in [5, 5.41) is 12.1. The molecule has 5 nitrogen and oxygen atoms in total. The third-order valence-electron chi connectivity index (χ3n) is 3.97. The molecule has 0 saturated carbocycles. The third-order valence-corrected chi connectivity index (χ3v) is 4.69. The molecule has 106 valence electrons. The van der Waals surface area contributed by atoms with E-state index in [-0.39, 0.29) is 18.1 Å². The van der Waals surface area contributed by atoms with Crippen molar-refractivity contribution in [1.29, 1.82) is 0 Å². The molecule has 0 spiro atoms. The van der Waals surface area contributed by atoms with Crippen molar-refractivity contribution in [2.24, 2.45) is 11.8 Å². The Labute approximate surface area is 129 Å². The zero-order valence-corrected chi connectivity index (χ0v) is 12.7. The van der Waals surface area contributed by atoms with Gasteiger partial charge in [0.2, 0.25) is 5.91 Å². The molecule has 2 heterocycles. The maximum atomic E-state index is 12.3. The molecule has 0 aliphatic carbocycles. The Bertz CT molecular complexity index is 545. The highest BCUT2D eigenvalue weighted by atomic mass is 127. The van der Waals surface area contributed by atoms with E-state index in [1.54, 1.807) is 0 Å². The average Bonchev–Trinajstić information content (AvgIpc) is 3.01. The predicted molar refractivity (Wildman–Crippen MR) is 80.3 cm³/mol. The van der Waals surface area contributed by atoms with Crippen LogP contribution in [0, 0.1) is 15.4 Å². The summed E-state index contributed by atoms with van der Waals surface area (Å²) < 4.78 is 6.67. The van der Waals surface area contributed by atoms with E-state index in [0.717, 1.165) is 16.4 Å². The van der Waals surface area contributed by atoms with Crippen molar-refractivity contribution in [3.05, 3.63) is 27.8 Å². The van der Waals surface area contributed by atoms with Gasteiger partial charge in [0.15, 0.2) is 0 Å². The Hall–Kier alpha value is -1.15. The standard InChI is InChI=1S/C14H14INO4/c15-7-1-3-8(4-2-7)16-13(17)11-9-5-6-10(20-9)12(11)14(18)19/h1-4,9-12H,5-6H2,(H,16,17)(H,18,19)/t9-,10-,11?,12?/m1/s1. The van der Waals surface area contributed by atoms with E-state index in [9.17, 15) is 14.7 Å². The number of rotatable bonds is 3. The molecule has 2 unspecified atom stereocenters. The van der Waals surface area contributed by atoms with Crippen molar-refractivity contribution in [3.8, 4) is 0 Å². The molecule has 1 amide bonds. The fourth-order valence-electron chi connectivity index (χ4n) is 3.08. The lowest BCUT2D eigenvalue weighted by Gasteiger charge is -2.23. The quantitative estimate of drug-likeness (QED) is 0.780. The van der Waals surface area contributed by atoms with Crippen LogP contribution in [0.25, 0.3) is 0 Å². The number of fused-ring (bicyclic) bond motifs is 2. The molecule has 1 aromatic rings.